The molecule has 0 radical (unpaired) electrons. The number of ether oxygens (including phenoxy) is 1. The minimum Gasteiger partial charge on any atom is -0.306 e. The van der Waals surface area contributed by atoms with Crippen molar-refractivity contribution in [3.63, 3.8) is 0 Å². The van der Waals surface area contributed by atoms with Crippen molar-refractivity contribution >= 4 is 0 Å². The third-order valence-corrected chi connectivity index (χ3v) is 4.38. The van der Waals surface area contributed by atoms with Gasteiger partial charge in [-0.25, -0.2) is 0 Å². The molecule has 4 rings (SSSR count). The Balaban J connectivity index is 1.93. The Morgan fingerprint density at radius 2 is 1.57 bits per heavy atom. The Morgan fingerprint density at radius 1 is 0.905 bits per heavy atom. The highest BCUT2D eigenvalue weighted by atomic mass is 17.3. The first kappa shape index (κ1) is 13.0. The van der Waals surface area contributed by atoms with Crippen molar-refractivity contribution in [2.24, 2.45) is 5.92 Å². The Morgan fingerprint density at radius 3 is 2.29 bits per heavy atom. The minimum absolute atomic E-state index is 0.0925. The van der Waals surface area contributed by atoms with E-state index in [0.717, 1.165) is 11.1 Å². The fourth-order valence-corrected chi connectivity index (χ4v) is 3.53. The van der Waals surface area contributed by atoms with E-state index < -0.39 is 12.1 Å². The van der Waals surface area contributed by atoms with Crippen LogP contribution in [0.25, 0.3) is 0 Å². The van der Waals surface area contributed by atoms with Gasteiger partial charge in [0.25, 0.3) is 0 Å². The molecule has 2 aliphatic rings. The van der Waals surface area contributed by atoms with Crippen molar-refractivity contribution in [2.45, 2.75) is 31.8 Å². The quantitative estimate of drug-likeness (QED) is 0.770. The Bertz CT molecular complexity index is 653. The summed E-state index contributed by atoms with van der Waals surface area (Å²) >= 11 is 0. The van der Waals surface area contributed by atoms with Gasteiger partial charge in [-0.15, -0.1) is 0 Å². The van der Waals surface area contributed by atoms with Gasteiger partial charge in [0.05, 0.1) is 0 Å². The number of hydrogen-bond donors (Lipinski definition) is 0. The van der Waals surface area contributed by atoms with Crippen LogP contribution in [0.4, 0.5) is 0 Å². The summed E-state index contributed by atoms with van der Waals surface area (Å²) < 4.78 is 6.23. The molecule has 1 saturated heterocycles. The van der Waals surface area contributed by atoms with Crippen LogP contribution in [0.5, 0.6) is 0 Å². The zero-order chi connectivity index (χ0) is 14.4. The highest BCUT2D eigenvalue weighted by Crippen LogP contribution is 2.57. The van der Waals surface area contributed by atoms with Crippen LogP contribution in [0.1, 0.15) is 42.7 Å². The monoisotopic (exact) mass is 282 g/mol. The molecular formula is C18H18O3. The summed E-state index contributed by atoms with van der Waals surface area (Å²) in [5, 5.41) is 0. The first-order valence-electron chi connectivity index (χ1n) is 7.39. The Hall–Kier alpha value is -1.68. The van der Waals surface area contributed by atoms with Crippen LogP contribution in [0.2, 0.25) is 0 Å². The summed E-state index contributed by atoms with van der Waals surface area (Å²) in [5.74, 6) is -0.405. The average molecular weight is 282 g/mol. The maximum atomic E-state index is 6.23. The van der Waals surface area contributed by atoms with Crippen molar-refractivity contribution in [1.29, 1.82) is 0 Å². The number of fused-ring (bicyclic) bond motifs is 4. The van der Waals surface area contributed by atoms with Gasteiger partial charge in [-0.3, -0.25) is 0 Å². The number of hydrogen-bond acceptors (Lipinski definition) is 3. The molecule has 0 spiro atoms. The molecule has 2 heterocycles. The van der Waals surface area contributed by atoms with Crippen LogP contribution >= 0.6 is 0 Å². The molecule has 0 aliphatic carbocycles. The molecule has 0 saturated carbocycles. The molecule has 2 bridgehead atoms. The third-order valence-electron chi connectivity index (χ3n) is 4.38. The predicted octanol–water partition coefficient (Wildman–Crippen LogP) is 4.27. The molecule has 3 heteroatoms. The van der Waals surface area contributed by atoms with E-state index in [4.69, 9.17) is 14.5 Å². The lowest BCUT2D eigenvalue weighted by atomic mass is 9.75. The topological polar surface area (TPSA) is 27.7 Å². The lowest BCUT2D eigenvalue weighted by Crippen LogP contribution is -2.40. The molecule has 0 amide bonds. The van der Waals surface area contributed by atoms with E-state index in [1.807, 2.05) is 36.4 Å². The van der Waals surface area contributed by atoms with Gasteiger partial charge in [-0.05, 0) is 11.5 Å². The van der Waals surface area contributed by atoms with Crippen molar-refractivity contribution in [1.82, 2.24) is 0 Å². The second-order valence-corrected chi connectivity index (χ2v) is 6.01. The van der Waals surface area contributed by atoms with Crippen molar-refractivity contribution in [3.05, 3.63) is 71.3 Å². The smallest absolute Gasteiger partial charge is 0.237 e. The summed E-state index contributed by atoms with van der Waals surface area (Å²) in [6.45, 7) is 4.38. The fraction of sp³-hybridized carbons (Fsp3) is 0.333. The molecule has 21 heavy (non-hydrogen) atoms. The van der Waals surface area contributed by atoms with E-state index in [9.17, 15) is 0 Å². The van der Waals surface area contributed by atoms with Crippen molar-refractivity contribution < 1.29 is 14.5 Å². The molecule has 2 aromatic carbocycles. The normalized spacial score (nSPS) is 30.4. The van der Waals surface area contributed by atoms with Crippen LogP contribution in [0.15, 0.2) is 54.6 Å². The third kappa shape index (κ3) is 1.78. The van der Waals surface area contributed by atoms with Crippen LogP contribution in [-0.4, -0.2) is 0 Å². The van der Waals surface area contributed by atoms with Crippen LogP contribution in [0.3, 0.4) is 0 Å². The lowest BCUT2D eigenvalue weighted by Gasteiger charge is -2.40. The first-order valence-corrected chi connectivity index (χ1v) is 7.39. The summed E-state index contributed by atoms with van der Waals surface area (Å²) in [7, 11) is 0. The number of rotatable bonds is 2. The molecule has 2 aromatic rings. The molecule has 3 atom stereocenters. The molecule has 1 fully saturated rings. The molecular weight excluding hydrogens is 264 g/mol. The molecule has 108 valence electrons. The van der Waals surface area contributed by atoms with E-state index in [1.54, 1.807) is 0 Å². The Labute approximate surface area is 124 Å². The maximum Gasteiger partial charge on any atom is 0.237 e. The van der Waals surface area contributed by atoms with Gasteiger partial charge in [0, 0.05) is 17.0 Å². The van der Waals surface area contributed by atoms with E-state index in [0.29, 0.717) is 5.92 Å². The summed E-state index contributed by atoms with van der Waals surface area (Å²) in [6.07, 6.45) is -0.448. The SMILES string of the molecule is CC(C)C1c2ccccc2[C@@H]2OO[C@@]1(c1ccccc1)O2. The first-order chi connectivity index (χ1) is 10.2. The van der Waals surface area contributed by atoms with Crippen LogP contribution in [0, 0.1) is 5.92 Å². The zero-order valence-electron chi connectivity index (χ0n) is 12.2. The van der Waals surface area contributed by atoms with E-state index >= 15 is 0 Å². The van der Waals surface area contributed by atoms with Crippen molar-refractivity contribution in [3.8, 4) is 0 Å². The highest BCUT2D eigenvalue weighted by molar-refractivity contribution is 5.39. The lowest BCUT2D eigenvalue weighted by molar-refractivity contribution is -0.343. The second kappa shape index (κ2) is 4.67. The average Bonchev–Trinajstić information content (AvgIpc) is 2.89. The van der Waals surface area contributed by atoms with Crippen LogP contribution < -0.4 is 0 Å². The fourth-order valence-electron chi connectivity index (χ4n) is 3.53. The molecule has 1 unspecified atom stereocenters. The van der Waals surface area contributed by atoms with Gasteiger partial charge in [-0.2, -0.15) is 9.78 Å². The van der Waals surface area contributed by atoms with Crippen molar-refractivity contribution in [2.75, 3.05) is 0 Å². The number of benzene rings is 2. The molecule has 0 N–H and O–H groups in total. The minimum atomic E-state index is -0.853. The standard InChI is InChI=1S/C18H18O3/c1-12(2)16-14-10-6-7-11-15(14)17-19-18(16,21-20-17)13-8-4-3-5-9-13/h3-12,16-17H,1-2H3/t16?,17-,18+/m0/s1. The van der Waals surface area contributed by atoms with E-state index in [1.165, 1.54) is 5.56 Å². The van der Waals surface area contributed by atoms with Gasteiger partial charge in [0.1, 0.15) is 0 Å². The highest BCUT2D eigenvalue weighted by Gasteiger charge is 2.57. The molecule has 0 aromatic heterocycles. The molecule has 3 nitrogen and oxygen atoms in total. The predicted molar refractivity (Wildman–Crippen MR) is 78.1 cm³/mol. The summed E-state index contributed by atoms with van der Waals surface area (Å²) in [6, 6.07) is 18.4. The summed E-state index contributed by atoms with van der Waals surface area (Å²) in [5.41, 5.74) is 3.33. The maximum absolute atomic E-state index is 6.23. The van der Waals surface area contributed by atoms with E-state index in [-0.39, 0.29) is 5.92 Å². The second-order valence-electron chi connectivity index (χ2n) is 6.01. The van der Waals surface area contributed by atoms with Gasteiger partial charge in [0.2, 0.25) is 12.1 Å². The van der Waals surface area contributed by atoms with Gasteiger partial charge < -0.3 is 4.74 Å². The Kier molecular flexibility index (Phi) is 2.89. The molecule has 2 aliphatic heterocycles. The van der Waals surface area contributed by atoms with Crippen LogP contribution in [-0.2, 0) is 20.3 Å². The van der Waals surface area contributed by atoms with Gasteiger partial charge in [0.15, 0.2) is 0 Å². The van der Waals surface area contributed by atoms with E-state index in [2.05, 4.69) is 32.0 Å². The zero-order valence-corrected chi connectivity index (χ0v) is 12.2. The van der Waals surface area contributed by atoms with Gasteiger partial charge >= 0.3 is 0 Å². The largest absolute Gasteiger partial charge is 0.306 e. The summed E-state index contributed by atoms with van der Waals surface area (Å²) in [4.78, 5) is 11.3. The van der Waals surface area contributed by atoms with Gasteiger partial charge in [-0.1, -0.05) is 68.4 Å².